The summed E-state index contributed by atoms with van der Waals surface area (Å²) >= 11 is 0. The molecule has 0 radical (unpaired) electrons. The van der Waals surface area contributed by atoms with Crippen molar-refractivity contribution in [1.29, 1.82) is 0 Å². The molecule has 2 rings (SSSR count). The average molecular weight is 324 g/mol. The van der Waals surface area contributed by atoms with Crippen molar-refractivity contribution in [3.63, 3.8) is 0 Å². The summed E-state index contributed by atoms with van der Waals surface area (Å²) in [7, 11) is 0. The van der Waals surface area contributed by atoms with Gasteiger partial charge in [0.15, 0.2) is 0 Å². The first-order valence-electron chi connectivity index (χ1n) is 8.21. The van der Waals surface area contributed by atoms with Crippen LogP contribution in [0.15, 0.2) is 42.5 Å². The summed E-state index contributed by atoms with van der Waals surface area (Å²) in [6, 6.07) is 12.7. The summed E-state index contributed by atoms with van der Waals surface area (Å²) < 4.78 is 0. The molecule has 0 saturated carbocycles. The van der Waals surface area contributed by atoms with Crippen LogP contribution in [-0.4, -0.2) is 17.9 Å². The van der Waals surface area contributed by atoms with Gasteiger partial charge in [0.25, 0.3) is 11.8 Å². The molecule has 24 heavy (non-hydrogen) atoms. The first kappa shape index (κ1) is 17.7. The number of para-hydroxylation sites is 1. The molecule has 126 valence electrons. The quantitative estimate of drug-likeness (QED) is 0.870. The van der Waals surface area contributed by atoms with Crippen LogP contribution in [0.2, 0.25) is 0 Å². The number of nitrogens with one attached hydrogen (secondary N) is 2. The van der Waals surface area contributed by atoms with E-state index in [1.807, 2.05) is 39.8 Å². The number of hydrogen-bond acceptors (Lipinski definition) is 2. The summed E-state index contributed by atoms with van der Waals surface area (Å²) in [6.07, 6.45) is 0.850. The summed E-state index contributed by atoms with van der Waals surface area (Å²) in [5.41, 5.74) is 3.76. The van der Waals surface area contributed by atoms with E-state index < -0.39 is 0 Å². The van der Waals surface area contributed by atoms with Gasteiger partial charge in [0.2, 0.25) is 0 Å². The highest BCUT2D eigenvalue weighted by Gasteiger charge is 2.15. The maximum absolute atomic E-state index is 12.5. The minimum absolute atomic E-state index is 0.0843. The SMILES string of the molecule is CC[C@@H](C)NC(=O)c1ccccc1NC(=O)c1ccc(C)c(C)c1. The van der Waals surface area contributed by atoms with E-state index in [-0.39, 0.29) is 17.9 Å². The average Bonchev–Trinajstić information content (AvgIpc) is 2.57. The fraction of sp³-hybridized carbons (Fsp3) is 0.300. The van der Waals surface area contributed by atoms with Crippen LogP contribution in [0.5, 0.6) is 0 Å². The third-order valence-electron chi connectivity index (χ3n) is 4.18. The fourth-order valence-corrected chi connectivity index (χ4v) is 2.27. The Bertz CT molecular complexity index is 753. The molecule has 0 fully saturated rings. The van der Waals surface area contributed by atoms with Crippen LogP contribution in [0.25, 0.3) is 0 Å². The number of carbonyl (C=O) groups excluding carboxylic acids is 2. The lowest BCUT2D eigenvalue weighted by Crippen LogP contribution is -2.32. The largest absolute Gasteiger partial charge is 0.350 e. The van der Waals surface area contributed by atoms with Crippen molar-refractivity contribution in [3.05, 3.63) is 64.7 Å². The lowest BCUT2D eigenvalue weighted by molar-refractivity contribution is 0.0940. The molecule has 0 unspecified atom stereocenters. The van der Waals surface area contributed by atoms with Crippen molar-refractivity contribution in [2.45, 2.75) is 40.2 Å². The Balaban J connectivity index is 2.22. The van der Waals surface area contributed by atoms with Crippen LogP contribution in [-0.2, 0) is 0 Å². The molecule has 0 bridgehead atoms. The number of aryl methyl sites for hydroxylation is 2. The number of rotatable bonds is 5. The molecule has 2 N–H and O–H groups in total. The van der Waals surface area contributed by atoms with Gasteiger partial charge in [-0.2, -0.15) is 0 Å². The van der Waals surface area contributed by atoms with Gasteiger partial charge >= 0.3 is 0 Å². The molecule has 2 amide bonds. The van der Waals surface area contributed by atoms with Crippen LogP contribution in [0.1, 0.15) is 52.1 Å². The molecule has 4 nitrogen and oxygen atoms in total. The molecule has 0 spiro atoms. The molecule has 0 saturated heterocycles. The van der Waals surface area contributed by atoms with Crippen molar-refractivity contribution in [1.82, 2.24) is 5.32 Å². The third-order valence-corrected chi connectivity index (χ3v) is 4.18. The Morgan fingerprint density at radius 2 is 1.71 bits per heavy atom. The highest BCUT2D eigenvalue weighted by molar-refractivity contribution is 6.09. The van der Waals surface area contributed by atoms with Crippen molar-refractivity contribution in [3.8, 4) is 0 Å². The van der Waals surface area contributed by atoms with E-state index in [1.54, 1.807) is 30.3 Å². The van der Waals surface area contributed by atoms with Gasteiger partial charge < -0.3 is 10.6 Å². The lowest BCUT2D eigenvalue weighted by atomic mass is 10.1. The fourth-order valence-electron chi connectivity index (χ4n) is 2.27. The van der Waals surface area contributed by atoms with Crippen LogP contribution in [0, 0.1) is 13.8 Å². The molecule has 0 heterocycles. The van der Waals surface area contributed by atoms with Crippen LogP contribution < -0.4 is 10.6 Å². The predicted molar refractivity (Wildman–Crippen MR) is 97.5 cm³/mol. The Hall–Kier alpha value is -2.62. The van der Waals surface area contributed by atoms with Crippen LogP contribution >= 0.6 is 0 Å². The van der Waals surface area contributed by atoms with Crippen molar-refractivity contribution < 1.29 is 9.59 Å². The van der Waals surface area contributed by atoms with E-state index in [2.05, 4.69) is 10.6 Å². The van der Waals surface area contributed by atoms with E-state index in [4.69, 9.17) is 0 Å². The minimum Gasteiger partial charge on any atom is -0.350 e. The Kier molecular flexibility index (Phi) is 5.74. The van der Waals surface area contributed by atoms with Crippen molar-refractivity contribution >= 4 is 17.5 Å². The molecule has 2 aromatic carbocycles. The molecule has 0 aliphatic carbocycles. The van der Waals surface area contributed by atoms with Gasteiger partial charge in [-0.05, 0) is 62.6 Å². The summed E-state index contributed by atoms with van der Waals surface area (Å²) in [6.45, 7) is 7.94. The standard InChI is InChI=1S/C20H24N2O2/c1-5-15(4)21-20(24)17-8-6-7-9-18(17)22-19(23)16-11-10-13(2)14(3)12-16/h6-12,15H,5H2,1-4H3,(H,21,24)(H,22,23)/t15-/m1/s1. The van der Waals surface area contributed by atoms with Crippen molar-refractivity contribution in [2.24, 2.45) is 0 Å². The number of carbonyl (C=O) groups is 2. The topological polar surface area (TPSA) is 58.2 Å². The van der Waals surface area contributed by atoms with E-state index >= 15 is 0 Å². The highest BCUT2D eigenvalue weighted by Crippen LogP contribution is 2.18. The van der Waals surface area contributed by atoms with E-state index in [0.29, 0.717) is 16.8 Å². The monoisotopic (exact) mass is 324 g/mol. The highest BCUT2D eigenvalue weighted by atomic mass is 16.2. The molecule has 2 aromatic rings. The van der Waals surface area contributed by atoms with Crippen LogP contribution in [0.4, 0.5) is 5.69 Å². The first-order chi connectivity index (χ1) is 11.4. The zero-order valence-electron chi connectivity index (χ0n) is 14.6. The number of benzene rings is 2. The van der Waals surface area contributed by atoms with E-state index in [9.17, 15) is 9.59 Å². The van der Waals surface area contributed by atoms with Gasteiger partial charge in [0.05, 0.1) is 11.3 Å². The van der Waals surface area contributed by atoms with Gasteiger partial charge in [-0.25, -0.2) is 0 Å². The molecule has 4 heteroatoms. The van der Waals surface area contributed by atoms with Gasteiger partial charge in [0.1, 0.15) is 0 Å². The number of hydrogen-bond donors (Lipinski definition) is 2. The normalized spacial score (nSPS) is 11.7. The molecule has 0 aromatic heterocycles. The minimum atomic E-state index is -0.220. The molecular weight excluding hydrogens is 300 g/mol. The van der Waals surface area contributed by atoms with E-state index in [1.165, 1.54) is 0 Å². The first-order valence-corrected chi connectivity index (χ1v) is 8.21. The summed E-state index contributed by atoms with van der Waals surface area (Å²) in [5, 5.41) is 5.77. The van der Waals surface area contributed by atoms with Gasteiger partial charge in [-0.1, -0.05) is 25.1 Å². The molecule has 1 atom stereocenters. The third kappa shape index (κ3) is 4.22. The van der Waals surface area contributed by atoms with E-state index in [0.717, 1.165) is 17.5 Å². The zero-order valence-corrected chi connectivity index (χ0v) is 14.6. The van der Waals surface area contributed by atoms with Gasteiger partial charge in [0, 0.05) is 11.6 Å². The van der Waals surface area contributed by atoms with Crippen LogP contribution in [0.3, 0.4) is 0 Å². The maximum atomic E-state index is 12.5. The number of amides is 2. The maximum Gasteiger partial charge on any atom is 0.255 e. The number of anilines is 1. The Morgan fingerprint density at radius 3 is 2.38 bits per heavy atom. The summed E-state index contributed by atoms with van der Waals surface area (Å²) in [5.74, 6) is -0.401. The van der Waals surface area contributed by atoms with Gasteiger partial charge in [-0.3, -0.25) is 9.59 Å². The molecule has 0 aliphatic rings. The second kappa shape index (κ2) is 7.77. The van der Waals surface area contributed by atoms with Gasteiger partial charge in [-0.15, -0.1) is 0 Å². The molecule has 0 aliphatic heterocycles. The molecular formula is C20H24N2O2. The second-order valence-corrected chi connectivity index (χ2v) is 6.08. The zero-order chi connectivity index (χ0) is 17.7. The smallest absolute Gasteiger partial charge is 0.255 e. The second-order valence-electron chi connectivity index (χ2n) is 6.08. The predicted octanol–water partition coefficient (Wildman–Crippen LogP) is 4.08. The Morgan fingerprint density at radius 1 is 1.00 bits per heavy atom. The van der Waals surface area contributed by atoms with Crippen molar-refractivity contribution in [2.75, 3.05) is 5.32 Å². The Labute approximate surface area is 143 Å². The lowest BCUT2D eigenvalue weighted by Gasteiger charge is -2.15. The summed E-state index contributed by atoms with van der Waals surface area (Å²) in [4.78, 5) is 24.9.